The van der Waals surface area contributed by atoms with Crippen LogP contribution in [-0.2, 0) is 16.0 Å². The monoisotopic (exact) mass is 387 g/mol. The topological polar surface area (TPSA) is 122 Å². The fourth-order valence-corrected chi connectivity index (χ4v) is 3.53. The number of amides is 2. The van der Waals surface area contributed by atoms with Crippen molar-refractivity contribution in [1.82, 2.24) is 20.7 Å². The first kappa shape index (κ1) is 18.5. The Labute approximate surface area is 162 Å². The number of aromatic amines is 1. The van der Waals surface area contributed by atoms with Crippen LogP contribution < -0.4 is 10.6 Å². The van der Waals surface area contributed by atoms with Gasteiger partial charge < -0.3 is 19.9 Å². The predicted molar refractivity (Wildman–Crippen MR) is 99.8 cm³/mol. The molecule has 2 aromatic rings. The minimum atomic E-state index is -0.327. The molecule has 0 unspecified atom stereocenters. The van der Waals surface area contributed by atoms with Crippen LogP contribution in [-0.4, -0.2) is 39.0 Å². The van der Waals surface area contributed by atoms with E-state index >= 15 is 0 Å². The zero-order valence-corrected chi connectivity index (χ0v) is 16.1. The third-order valence-corrected chi connectivity index (χ3v) is 5.39. The second-order valence-electron chi connectivity index (χ2n) is 8.09. The largest absolute Gasteiger partial charge is 0.446 e. The predicted octanol–water partition coefficient (Wildman–Crippen LogP) is 2.80. The van der Waals surface area contributed by atoms with Crippen molar-refractivity contribution in [3.05, 3.63) is 29.3 Å². The Kier molecular flexibility index (Phi) is 4.82. The van der Waals surface area contributed by atoms with Crippen LogP contribution >= 0.6 is 0 Å². The van der Waals surface area contributed by atoms with Crippen LogP contribution in [0.1, 0.15) is 62.1 Å². The standard InChI is InChI=1S/C19H25N5O4/c1-11-7-13(24-28-11)9-17(25)20-16-10-15(22-23-16)12-3-4-14(8-12)27-18(26)21-19(2)5-6-19/h7,10,12,14H,3-6,8-9H2,1-2H3,(H,21,26)(H2,20,22,23,25)/t12-,14+/m0/s1. The Hall–Kier alpha value is -2.84. The fraction of sp³-hybridized carbons (Fsp3) is 0.579. The van der Waals surface area contributed by atoms with E-state index in [2.05, 4.69) is 26.0 Å². The highest BCUT2D eigenvalue weighted by molar-refractivity contribution is 5.91. The maximum absolute atomic E-state index is 12.1. The summed E-state index contributed by atoms with van der Waals surface area (Å²) < 4.78 is 10.5. The number of aryl methyl sites for hydroxylation is 1. The maximum Gasteiger partial charge on any atom is 0.407 e. The molecule has 0 bridgehead atoms. The quantitative estimate of drug-likeness (QED) is 0.700. The summed E-state index contributed by atoms with van der Waals surface area (Å²) in [6.07, 6.45) is 4.20. The first-order valence-electron chi connectivity index (χ1n) is 9.65. The van der Waals surface area contributed by atoms with Gasteiger partial charge in [-0.3, -0.25) is 9.89 Å². The summed E-state index contributed by atoms with van der Waals surface area (Å²) >= 11 is 0. The van der Waals surface area contributed by atoms with E-state index in [9.17, 15) is 9.59 Å². The maximum atomic E-state index is 12.1. The number of nitrogens with one attached hydrogen (secondary N) is 3. The van der Waals surface area contributed by atoms with E-state index in [0.29, 0.717) is 17.3 Å². The van der Waals surface area contributed by atoms with Crippen LogP contribution in [0.5, 0.6) is 0 Å². The summed E-state index contributed by atoms with van der Waals surface area (Å²) in [6, 6.07) is 3.57. The average molecular weight is 387 g/mol. The third kappa shape index (κ3) is 4.52. The smallest absolute Gasteiger partial charge is 0.407 e. The van der Waals surface area contributed by atoms with Crippen molar-refractivity contribution in [3.8, 4) is 0 Å². The molecule has 9 heteroatoms. The molecule has 0 radical (unpaired) electrons. The van der Waals surface area contributed by atoms with Crippen molar-refractivity contribution in [2.24, 2.45) is 0 Å². The van der Waals surface area contributed by atoms with Gasteiger partial charge in [0, 0.05) is 29.3 Å². The molecule has 2 fully saturated rings. The number of hydrogen-bond donors (Lipinski definition) is 3. The number of H-pyrrole nitrogens is 1. The summed E-state index contributed by atoms with van der Waals surface area (Å²) in [5, 5.41) is 16.7. The van der Waals surface area contributed by atoms with Gasteiger partial charge in [0.2, 0.25) is 5.91 Å². The summed E-state index contributed by atoms with van der Waals surface area (Å²) in [6.45, 7) is 3.80. The fourth-order valence-electron chi connectivity index (χ4n) is 3.53. The van der Waals surface area contributed by atoms with Crippen LogP contribution in [0.25, 0.3) is 0 Å². The van der Waals surface area contributed by atoms with E-state index in [1.807, 2.05) is 13.0 Å². The Bertz CT molecular complexity index is 869. The van der Waals surface area contributed by atoms with E-state index in [4.69, 9.17) is 9.26 Å². The molecule has 2 amide bonds. The molecule has 28 heavy (non-hydrogen) atoms. The number of nitrogens with zero attached hydrogens (tertiary/aromatic N) is 2. The van der Waals surface area contributed by atoms with Crippen molar-refractivity contribution in [2.45, 2.75) is 69.9 Å². The molecule has 2 aliphatic carbocycles. The van der Waals surface area contributed by atoms with Gasteiger partial charge in [-0.05, 0) is 46.0 Å². The van der Waals surface area contributed by atoms with Crippen molar-refractivity contribution >= 4 is 17.8 Å². The number of carbonyl (C=O) groups excluding carboxylic acids is 2. The van der Waals surface area contributed by atoms with Crippen molar-refractivity contribution in [2.75, 3.05) is 5.32 Å². The average Bonchev–Trinajstić information content (AvgIpc) is 3.05. The molecule has 9 nitrogen and oxygen atoms in total. The first-order valence-corrected chi connectivity index (χ1v) is 9.65. The summed E-state index contributed by atoms with van der Waals surface area (Å²) in [4.78, 5) is 24.1. The minimum absolute atomic E-state index is 0.0732. The first-order chi connectivity index (χ1) is 13.4. The molecule has 2 atom stereocenters. The highest BCUT2D eigenvalue weighted by atomic mass is 16.6. The van der Waals surface area contributed by atoms with Gasteiger partial charge in [0.15, 0.2) is 5.82 Å². The Morgan fingerprint density at radius 3 is 2.89 bits per heavy atom. The second-order valence-corrected chi connectivity index (χ2v) is 8.09. The van der Waals surface area contributed by atoms with E-state index in [1.54, 1.807) is 13.0 Å². The van der Waals surface area contributed by atoms with Gasteiger partial charge in [-0.15, -0.1) is 0 Å². The number of aromatic nitrogens is 3. The SMILES string of the molecule is Cc1cc(CC(=O)Nc2cc([C@H]3CC[C@@H](OC(=O)NC4(C)CC4)C3)[nH]n2)no1. The summed E-state index contributed by atoms with van der Waals surface area (Å²) in [7, 11) is 0. The van der Waals surface area contributed by atoms with Crippen LogP contribution in [0.3, 0.4) is 0 Å². The number of rotatable bonds is 6. The van der Waals surface area contributed by atoms with Crippen molar-refractivity contribution < 1.29 is 18.8 Å². The van der Waals surface area contributed by atoms with Gasteiger partial charge in [-0.1, -0.05) is 5.16 Å². The number of carbonyl (C=O) groups is 2. The molecular weight excluding hydrogens is 362 g/mol. The molecule has 0 aliphatic heterocycles. The van der Waals surface area contributed by atoms with Crippen LogP contribution in [0.4, 0.5) is 10.6 Å². The van der Waals surface area contributed by atoms with E-state index in [1.165, 1.54) is 0 Å². The number of hydrogen-bond acceptors (Lipinski definition) is 6. The summed E-state index contributed by atoms with van der Waals surface area (Å²) in [5.74, 6) is 1.17. The molecule has 2 aromatic heterocycles. The third-order valence-electron chi connectivity index (χ3n) is 5.39. The number of alkyl carbamates (subject to hydrolysis) is 1. The molecule has 2 aliphatic rings. The molecular formula is C19H25N5O4. The lowest BCUT2D eigenvalue weighted by Gasteiger charge is -2.16. The van der Waals surface area contributed by atoms with Gasteiger partial charge in [-0.25, -0.2) is 4.79 Å². The molecule has 4 rings (SSSR count). The van der Waals surface area contributed by atoms with E-state index < -0.39 is 0 Å². The van der Waals surface area contributed by atoms with Crippen molar-refractivity contribution in [3.63, 3.8) is 0 Å². The Balaban J connectivity index is 1.26. The molecule has 150 valence electrons. The minimum Gasteiger partial charge on any atom is -0.446 e. The highest BCUT2D eigenvalue weighted by Gasteiger charge is 2.40. The van der Waals surface area contributed by atoms with Crippen LogP contribution in [0, 0.1) is 6.92 Å². The Morgan fingerprint density at radius 1 is 1.36 bits per heavy atom. The number of ether oxygens (including phenoxy) is 1. The zero-order chi connectivity index (χ0) is 19.7. The molecule has 3 N–H and O–H groups in total. The Morgan fingerprint density at radius 2 is 2.18 bits per heavy atom. The second kappa shape index (κ2) is 7.29. The molecule has 2 heterocycles. The molecule has 2 saturated carbocycles. The van der Waals surface area contributed by atoms with Crippen LogP contribution in [0.2, 0.25) is 0 Å². The van der Waals surface area contributed by atoms with Gasteiger partial charge >= 0.3 is 6.09 Å². The normalized spacial score (nSPS) is 22.6. The summed E-state index contributed by atoms with van der Waals surface area (Å²) in [5.41, 5.74) is 1.45. The van der Waals surface area contributed by atoms with E-state index in [-0.39, 0.29) is 36.0 Å². The van der Waals surface area contributed by atoms with Crippen LogP contribution in [0.15, 0.2) is 16.7 Å². The molecule has 0 saturated heterocycles. The number of anilines is 1. The van der Waals surface area contributed by atoms with Crippen molar-refractivity contribution in [1.29, 1.82) is 0 Å². The van der Waals surface area contributed by atoms with Gasteiger partial charge in [-0.2, -0.15) is 5.10 Å². The van der Waals surface area contributed by atoms with E-state index in [0.717, 1.165) is 37.8 Å². The molecule has 0 aromatic carbocycles. The zero-order valence-electron chi connectivity index (χ0n) is 16.1. The lowest BCUT2D eigenvalue weighted by atomic mass is 10.0. The lowest BCUT2D eigenvalue weighted by Crippen LogP contribution is -2.36. The highest BCUT2D eigenvalue weighted by Crippen LogP contribution is 2.37. The lowest BCUT2D eigenvalue weighted by molar-refractivity contribution is -0.115. The van der Waals surface area contributed by atoms with Gasteiger partial charge in [0.1, 0.15) is 11.9 Å². The molecule has 0 spiro atoms. The van der Waals surface area contributed by atoms with Gasteiger partial charge in [0.05, 0.1) is 12.1 Å². The van der Waals surface area contributed by atoms with Gasteiger partial charge in [0.25, 0.3) is 0 Å².